The molecular formula is C24H28BrP. The second-order valence-electron chi connectivity index (χ2n) is 7.85. The van der Waals surface area contributed by atoms with Gasteiger partial charge in [-0.25, -0.2) is 0 Å². The Bertz CT molecular complexity index is 680. The Balaban J connectivity index is 0.00000243. The van der Waals surface area contributed by atoms with E-state index in [4.69, 9.17) is 0 Å². The van der Waals surface area contributed by atoms with E-state index in [1.807, 2.05) is 0 Å². The molecule has 3 aromatic carbocycles. The van der Waals surface area contributed by atoms with Gasteiger partial charge >= 0.3 is 0 Å². The Morgan fingerprint density at radius 2 is 0.885 bits per heavy atom. The standard InChI is InChI=1S/C24H28P.BrH/c1-24(2,3)19-20-25(21-13-7-4-8-14-21,22-15-9-5-10-16-22)23-17-11-6-12-18-23;/h4-18H,19-20H2,1-3H3;1H/q+1;/p-1. The van der Waals surface area contributed by atoms with E-state index >= 15 is 0 Å². The molecule has 3 rings (SSSR count). The first-order valence-electron chi connectivity index (χ1n) is 9.07. The third-order valence-electron chi connectivity index (χ3n) is 4.79. The van der Waals surface area contributed by atoms with Crippen LogP contribution in [-0.4, -0.2) is 6.16 Å². The van der Waals surface area contributed by atoms with Crippen molar-refractivity contribution in [1.82, 2.24) is 0 Å². The van der Waals surface area contributed by atoms with Gasteiger partial charge < -0.3 is 17.0 Å². The average molecular weight is 427 g/mol. The molecule has 0 fully saturated rings. The SMILES string of the molecule is CC(C)(C)CC[P+](c1ccccc1)(c1ccccc1)c1ccccc1.[Br-]. The topological polar surface area (TPSA) is 0 Å². The molecule has 0 atom stereocenters. The van der Waals surface area contributed by atoms with E-state index in [1.165, 1.54) is 28.5 Å². The van der Waals surface area contributed by atoms with E-state index in [1.54, 1.807) is 0 Å². The molecule has 0 bridgehead atoms. The lowest BCUT2D eigenvalue weighted by Gasteiger charge is -2.30. The summed E-state index contributed by atoms with van der Waals surface area (Å²) in [5.74, 6) is 0. The molecule has 2 heteroatoms. The van der Waals surface area contributed by atoms with Crippen molar-refractivity contribution in [3.8, 4) is 0 Å². The summed E-state index contributed by atoms with van der Waals surface area (Å²) < 4.78 is 0. The van der Waals surface area contributed by atoms with E-state index in [0.717, 1.165) is 0 Å². The highest BCUT2D eigenvalue weighted by Crippen LogP contribution is 2.56. The molecule has 0 saturated carbocycles. The van der Waals surface area contributed by atoms with Gasteiger partial charge in [-0.15, -0.1) is 0 Å². The second-order valence-corrected chi connectivity index (χ2v) is 11.5. The molecule has 26 heavy (non-hydrogen) atoms. The number of hydrogen-bond acceptors (Lipinski definition) is 0. The highest BCUT2D eigenvalue weighted by molar-refractivity contribution is 7.95. The van der Waals surface area contributed by atoms with Crippen LogP contribution in [0.3, 0.4) is 0 Å². The van der Waals surface area contributed by atoms with E-state index in [0.29, 0.717) is 5.41 Å². The van der Waals surface area contributed by atoms with Crippen molar-refractivity contribution in [2.75, 3.05) is 6.16 Å². The van der Waals surface area contributed by atoms with Crippen LogP contribution < -0.4 is 32.9 Å². The van der Waals surface area contributed by atoms with Gasteiger partial charge in [0.1, 0.15) is 23.2 Å². The predicted molar refractivity (Wildman–Crippen MR) is 114 cm³/mol. The summed E-state index contributed by atoms with van der Waals surface area (Å²) in [4.78, 5) is 0. The van der Waals surface area contributed by atoms with Crippen LogP contribution in [0.25, 0.3) is 0 Å². The molecule has 0 nitrogen and oxygen atoms in total. The van der Waals surface area contributed by atoms with E-state index in [9.17, 15) is 0 Å². The van der Waals surface area contributed by atoms with Crippen LogP contribution in [0.4, 0.5) is 0 Å². The molecule has 0 aliphatic heterocycles. The predicted octanol–water partition coefficient (Wildman–Crippen LogP) is 2.42. The third kappa shape index (κ3) is 4.64. The maximum atomic E-state index is 2.35. The minimum atomic E-state index is -1.65. The minimum Gasteiger partial charge on any atom is -1.00 e. The molecule has 0 aliphatic carbocycles. The Morgan fingerprint density at radius 1 is 0.577 bits per heavy atom. The molecule has 0 aliphatic rings. The molecule has 0 radical (unpaired) electrons. The zero-order valence-corrected chi connectivity index (χ0v) is 18.4. The summed E-state index contributed by atoms with van der Waals surface area (Å²) in [7, 11) is -1.65. The van der Waals surface area contributed by atoms with Crippen LogP contribution in [0.15, 0.2) is 91.0 Å². The number of rotatable bonds is 5. The summed E-state index contributed by atoms with van der Waals surface area (Å²) in [6.45, 7) is 7.05. The zero-order chi connectivity index (χ0) is 17.8. The molecule has 0 heterocycles. The quantitative estimate of drug-likeness (QED) is 0.549. The lowest BCUT2D eigenvalue weighted by atomic mass is 9.94. The van der Waals surface area contributed by atoms with Crippen LogP contribution in [0.2, 0.25) is 0 Å². The van der Waals surface area contributed by atoms with Crippen LogP contribution in [-0.2, 0) is 0 Å². The Morgan fingerprint density at radius 3 is 1.15 bits per heavy atom. The molecule has 0 aromatic heterocycles. The van der Waals surface area contributed by atoms with E-state index in [2.05, 4.69) is 112 Å². The smallest absolute Gasteiger partial charge is 0.112 e. The van der Waals surface area contributed by atoms with Crippen molar-refractivity contribution in [3.63, 3.8) is 0 Å². The number of hydrogen-bond donors (Lipinski definition) is 0. The first kappa shape index (κ1) is 20.9. The molecule has 0 amide bonds. The second kappa shape index (κ2) is 8.98. The van der Waals surface area contributed by atoms with Gasteiger partial charge in [0.05, 0.1) is 6.16 Å². The van der Waals surface area contributed by atoms with E-state index in [-0.39, 0.29) is 17.0 Å². The minimum absolute atomic E-state index is 0. The van der Waals surface area contributed by atoms with Crippen molar-refractivity contribution in [3.05, 3.63) is 91.0 Å². The summed E-state index contributed by atoms with van der Waals surface area (Å²) in [6.07, 6.45) is 2.41. The van der Waals surface area contributed by atoms with Crippen molar-refractivity contribution < 1.29 is 17.0 Å². The fraction of sp³-hybridized carbons (Fsp3) is 0.250. The molecule has 3 aromatic rings. The first-order valence-corrected chi connectivity index (χ1v) is 11.0. The molecule has 136 valence electrons. The fourth-order valence-electron chi connectivity index (χ4n) is 3.39. The summed E-state index contributed by atoms with van der Waals surface area (Å²) >= 11 is 0. The van der Waals surface area contributed by atoms with Crippen molar-refractivity contribution in [1.29, 1.82) is 0 Å². The van der Waals surface area contributed by atoms with Crippen molar-refractivity contribution in [2.45, 2.75) is 27.2 Å². The van der Waals surface area contributed by atoms with Gasteiger partial charge in [0.2, 0.25) is 0 Å². The molecule has 0 spiro atoms. The maximum Gasteiger partial charge on any atom is 0.112 e. The van der Waals surface area contributed by atoms with Gasteiger partial charge in [0.25, 0.3) is 0 Å². The summed E-state index contributed by atoms with van der Waals surface area (Å²) in [5.41, 5.74) is 0.323. The molecule has 0 N–H and O–H groups in total. The number of benzene rings is 3. The van der Waals surface area contributed by atoms with Gasteiger partial charge in [-0.05, 0) is 48.2 Å². The van der Waals surface area contributed by atoms with Gasteiger partial charge in [-0.3, -0.25) is 0 Å². The van der Waals surface area contributed by atoms with Crippen LogP contribution >= 0.6 is 7.26 Å². The first-order chi connectivity index (χ1) is 12.0. The highest BCUT2D eigenvalue weighted by atomic mass is 79.9. The average Bonchev–Trinajstić information content (AvgIpc) is 2.64. The molecule has 0 saturated heterocycles. The van der Waals surface area contributed by atoms with E-state index < -0.39 is 7.26 Å². The van der Waals surface area contributed by atoms with Crippen LogP contribution in [0.1, 0.15) is 27.2 Å². The largest absolute Gasteiger partial charge is 1.00 e. The fourth-order valence-corrected chi connectivity index (χ4v) is 8.10. The van der Waals surface area contributed by atoms with Gasteiger partial charge in [-0.2, -0.15) is 0 Å². The number of halogens is 1. The Hall–Kier alpha value is -1.43. The third-order valence-corrected chi connectivity index (χ3v) is 9.22. The lowest BCUT2D eigenvalue weighted by molar-refractivity contribution is -0.00000561. The monoisotopic (exact) mass is 426 g/mol. The zero-order valence-electron chi connectivity index (χ0n) is 15.9. The summed E-state index contributed by atoms with van der Waals surface area (Å²) in [5, 5.41) is 4.45. The summed E-state index contributed by atoms with van der Waals surface area (Å²) in [6, 6.07) is 33.5. The van der Waals surface area contributed by atoms with Crippen LogP contribution in [0, 0.1) is 5.41 Å². The molecular weight excluding hydrogens is 399 g/mol. The van der Waals surface area contributed by atoms with Crippen molar-refractivity contribution in [2.24, 2.45) is 5.41 Å². The Kier molecular flexibility index (Phi) is 7.21. The van der Waals surface area contributed by atoms with Gasteiger partial charge in [0.15, 0.2) is 0 Å². The normalized spacial score (nSPS) is 11.7. The maximum absolute atomic E-state index is 2.35. The highest BCUT2D eigenvalue weighted by Gasteiger charge is 2.45. The van der Waals surface area contributed by atoms with Crippen LogP contribution in [0.5, 0.6) is 0 Å². The van der Waals surface area contributed by atoms with Crippen molar-refractivity contribution >= 4 is 23.2 Å². The molecule has 0 unspecified atom stereocenters. The van der Waals surface area contributed by atoms with Gasteiger partial charge in [-0.1, -0.05) is 75.4 Å². The Labute approximate surface area is 169 Å². The van der Waals surface area contributed by atoms with Gasteiger partial charge in [0, 0.05) is 0 Å². The lowest BCUT2D eigenvalue weighted by Crippen LogP contribution is -3.00.